The molecule has 1 fully saturated rings. The number of piperidine rings is 1. The van der Waals surface area contributed by atoms with Gasteiger partial charge in [0.1, 0.15) is 18.1 Å². The van der Waals surface area contributed by atoms with Crippen molar-refractivity contribution < 1.29 is 9.84 Å². The number of hydrogen-bond acceptors (Lipinski definition) is 4. The van der Waals surface area contributed by atoms with E-state index in [2.05, 4.69) is 58.3 Å². The first-order valence-electron chi connectivity index (χ1n) is 10.9. The van der Waals surface area contributed by atoms with Crippen LogP contribution in [0.5, 0.6) is 11.5 Å². The Morgan fingerprint density at radius 1 is 0.900 bits per heavy atom. The maximum absolute atomic E-state index is 9.51. The topological polar surface area (TPSA) is 35.9 Å². The summed E-state index contributed by atoms with van der Waals surface area (Å²) in [6, 6.07) is 25.1. The highest BCUT2D eigenvalue weighted by atomic mass is 16.5. The van der Waals surface area contributed by atoms with E-state index in [1.807, 2.05) is 12.1 Å². The molecule has 0 radical (unpaired) electrons. The van der Waals surface area contributed by atoms with Crippen LogP contribution in [0.1, 0.15) is 24.0 Å². The van der Waals surface area contributed by atoms with Crippen LogP contribution in [0.15, 0.2) is 72.8 Å². The monoisotopic (exact) mass is 400 g/mol. The summed E-state index contributed by atoms with van der Waals surface area (Å²) in [5, 5.41) is 9.51. The molecule has 0 amide bonds. The zero-order valence-electron chi connectivity index (χ0n) is 17.2. The second-order valence-corrected chi connectivity index (χ2v) is 8.27. The summed E-state index contributed by atoms with van der Waals surface area (Å²) in [5.41, 5.74) is 4.96. The van der Waals surface area contributed by atoms with Crippen molar-refractivity contribution in [1.82, 2.24) is 4.90 Å². The second kappa shape index (κ2) is 8.41. The molecule has 3 aromatic rings. The van der Waals surface area contributed by atoms with Gasteiger partial charge in [0.25, 0.3) is 0 Å². The normalized spacial score (nSPS) is 18.8. The number of rotatable bonds is 4. The first kappa shape index (κ1) is 19.0. The molecule has 154 valence electrons. The van der Waals surface area contributed by atoms with E-state index >= 15 is 0 Å². The van der Waals surface area contributed by atoms with Crippen molar-refractivity contribution >= 4 is 11.4 Å². The average molecular weight is 401 g/mol. The standard InChI is InChI=1S/C26H28N2O2/c29-23-13-11-20(12-14-23)15-17-27-16-5-7-22(18-27)28-24-8-2-1-6-21(24)19-30-26-10-4-3-9-25(26)28/h1-4,6,8-14,22,29H,5,7,15-19H2. The highest BCUT2D eigenvalue weighted by Gasteiger charge is 2.31. The van der Waals surface area contributed by atoms with E-state index in [-0.39, 0.29) is 0 Å². The minimum absolute atomic E-state index is 0.331. The van der Waals surface area contributed by atoms with Crippen LogP contribution in [0.2, 0.25) is 0 Å². The van der Waals surface area contributed by atoms with Gasteiger partial charge in [0.05, 0.1) is 5.69 Å². The van der Waals surface area contributed by atoms with Crippen molar-refractivity contribution in [1.29, 1.82) is 0 Å². The number of benzene rings is 3. The summed E-state index contributed by atoms with van der Waals surface area (Å²) < 4.78 is 6.16. The zero-order chi connectivity index (χ0) is 20.3. The maximum Gasteiger partial charge on any atom is 0.143 e. The minimum atomic E-state index is 0.331. The van der Waals surface area contributed by atoms with Crippen LogP contribution in [-0.4, -0.2) is 35.7 Å². The van der Waals surface area contributed by atoms with Crippen LogP contribution in [-0.2, 0) is 13.0 Å². The van der Waals surface area contributed by atoms with Crippen molar-refractivity contribution in [2.75, 3.05) is 24.5 Å². The second-order valence-electron chi connectivity index (χ2n) is 8.27. The largest absolute Gasteiger partial charge is 0.508 e. The Kier molecular flexibility index (Phi) is 5.33. The van der Waals surface area contributed by atoms with E-state index in [0.29, 0.717) is 18.4 Å². The molecule has 0 aromatic heterocycles. The van der Waals surface area contributed by atoms with Gasteiger partial charge in [-0.2, -0.15) is 0 Å². The predicted molar refractivity (Wildman–Crippen MR) is 121 cm³/mol. The van der Waals surface area contributed by atoms with Gasteiger partial charge in [0.15, 0.2) is 0 Å². The number of phenolic OH excluding ortho intramolecular Hbond substituents is 1. The third-order valence-electron chi connectivity index (χ3n) is 6.26. The number of para-hydroxylation sites is 3. The molecule has 1 N–H and O–H groups in total. The molecule has 5 rings (SSSR count). The fraction of sp³-hybridized carbons (Fsp3) is 0.308. The van der Waals surface area contributed by atoms with Crippen LogP contribution in [0.25, 0.3) is 0 Å². The maximum atomic E-state index is 9.51. The number of anilines is 2. The Hall–Kier alpha value is -2.98. The molecule has 1 atom stereocenters. The molecule has 4 heteroatoms. The van der Waals surface area contributed by atoms with Crippen LogP contribution in [0.3, 0.4) is 0 Å². The lowest BCUT2D eigenvalue weighted by molar-refractivity contribution is 0.210. The highest BCUT2D eigenvalue weighted by Crippen LogP contribution is 2.42. The molecule has 1 saturated heterocycles. The van der Waals surface area contributed by atoms with Crippen LogP contribution >= 0.6 is 0 Å². The third-order valence-corrected chi connectivity index (χ3v) is 6.26. The Morgan fingerprint density at radius 2 is 1.67 bits per heavy atom. The first-order valence-corrected chi connectivity index (χ1v) is 10.9. The van der Waals surface area contributed by atoms with E-state index in [1.54, 1.807) is 12.1 Å². The van der Waals surface area contributed by atoms with Gasteiger partial charge in [-0.15, -0.1) is 0 Å². The SMILES string of the molecule is Oc1ccc(CCN2CCCC(N3c4ccccc4COc4ccccc43)C2)cc1. The number of aromatic hydroxyl groups is 1. The predicted octanol–water partition coefficient (Wildman–Crippen LogP) is 5.13. The summed E-state index contributed by atoms with van der Waals surface area (Å²) >= 11 is 0. The van der Waals surface area contributed by atoms with Gasteiger partial charge in [0, 0.05) is 30.4 Å². The molecule has 2 aliphatic heterocycles. The lowest BCUT2D eigenvalue weighted by atomic mass is 10.00. The number of phenols is 1. The smallest absolute Gasteiger partial charge is 0.143 e. The quantitative estimate of drug-likeness (QED) is 0.659. The molecule has 0 saturated carbocycles. The zero-order valence-corrected chi connectivity index (χ0v) is 17.2. The van der Waals surface area contributed by atoms with Crippen molar-refractivity contribution in [3.8, 4) is 11.5 Å². The van der Waals surface area contributed by atoms with Crippen molar-refractivity contribution in [3.05, 3.63) is 83.9 Å². The lowest BCUT2D eigenvalue weighted by Gasteiger charge is -2.41. The van der Waals surface area contributed by atoms with E-state index < -0.39 is 0 Å². The molecule has 3 aromatic carbocycles. The Morgan fingerprint density at radius 3 is 2.53 bits per heavy atom. The molecular weight excluding hydrogens is 372 g/mol. The van der Waals surface area contributed by atoms with Crippen LogP contribution in [0.4, 0.5) is 11.4 Å². The lowest BCUT2D eigenvalue weighted by Crippen LogP contribution is -2.47. The Bertz CT molecular complexity index is 954. The van der Waals surface area contributed by atoms with Crippen molar-refractivity contribution in [2.45, 2.75) is 31.9 Å². The number of fused-ring (bicyclic) bond motifs is 2. The molecular formula is C26H28N2O2. The Labute approximate surface area is 178 Å². The van der Waals surface area contributed by atoms with Gasteiger partial charge in [-0.1, -0.05) is 42.5 Å². The van der Waals surface area contributed by atoms with Gasteiger partial charge in [-0.25, -0.2) is 0 Å². The number of nitrogens with zero attached hydrogens (tertiary/aromatic N) is 2. The van der Waals surface area contributed by atoms with Crippen molar-refractivity contribution in [2.24, 2.45) is 0 Å². The van der Waals surface area contributed by atoms with Crippen LogP contribution < -0.4 is 9.64 Å². The van der Waals surface area contributed by atoms with E-state index in [0.717, 1.165) is 31.8 Å². The number of likely N-dealkylation sites (tertiary alicyclic amines) is 1. The van der Waals surface area contributed by atoms with Crippen LogP contribution in [0, 0.1) is 0 Å². The van der Waals surface area contributed by atoms with E-state index in [9.17, 15) is 5.11 Å². The Balaban J connectivity index is 1.38. The summed E-state index contributed by atoms with van der Waals surface area (Å²) in [7, 11) is 0. The molecule has 4 nitrogen and oxygen atoms in total. The van der Waals surface area contributed by atoms with Gasteiger partial charge in [0.2, 0.25) is 0 Å². The molecule has 0 spiro atoms. The van der Waals surface area contributed by atoms with Gasteiger partial charge < -0.3 is 19.6 Å². The summed E-state index contributed by atoms with van der Waals surface area (Å²) in [6.45, 7) is 3.83. The summed E-state index contributed by atoms with van der Waals surface area (Å²) in [6.07, 6.45) is 3.38. The molecule has 1 unspecified atom stereocenters. The number of hydrogen-bond donors (Lipinski definition) is 1. The van der Waals surface area contributed by atoms with Crippen molar-refractivity contribution in [3.63, 3.8) is 0 Å². The third kappa shape index (κ3) is 3.88. The molecule has 2 heterocycles. The summed E-state index contributed by atoms with van der Waals surface area (Å²) in [4.78, 5) is 5.10. The van der Waals surface area contributed by atoms with E-state index in [1.165, 1.54) is 35.3 Å². The highest BCUT2D eigenvalue weighted by molar-refractivity contribution is 5.73. The molecule has 30 heavy (non-hydrogen) atoms. The van der Waals surface area contributed by atoms with Gasteiger partial charge >= 0.3 is 0 Å². The first-order chi connectivity index (χ1) is 14.8. The minimum Gasteiger partial charge on any atom is -0.508 e. The fourth-order valence-electron chi connectivity index (χ4n) is 4.72. The number of ether oxygens (including phenoxy) is 1. The average Bonchev–Trinajstić information content (AvgIpc) is 2.96. The molecule has 0 aliphatic carbocycles. The van der Waals surface area contributed by atoms with Gasteiger partial charge in [-0.3, -0.25) is 0 Å². The van der Waals surface area contributed by atoms with Gasteiger partial charge in [-0.05, 0) is 61.7 Å². The van der Waals surface area contributed by atoms with E-state index in [4.69, 9.17) is 4.74 Å². The molecule has 2 aliphatic rings. The fourth-order valence-corrected chi connectivity index (χ4v) is 4.72. The molecule has 0 bridgehead atoms. The summed E-state index contributed by atoms with van der Waals surface area (Å²) in [5.74, 6) is 1.30.